The third-order valence-corrected chi connectivity index (χ3v) is 4.32. The molecule has 1 atom stereocenters. The van der Waals surface area contributed by atoms with Crippen molar-refractivity contribution in [1.29, 1.82) is 0 Å². The van der Waals surface area contributed by atoms with Gasteiger partial charge in [-0.25, -0.2) is 0 Å². The van der Waals surface area contributed by atoms with Gasteiger partial charge in [0.1, 0.15) is 5.75 Å². The lowest BCUT2D eigenvalue weighted by molar-refractivity contribution is 0.0716. The maximum absolute atomic E-state index is 12.5. The first-order valence-electron chi connectivity index (χ1n) is 7.29. The fourth-order valence-corrected chi connectivity index (χ4v) is 3.02. The molecule has 0 fully saturated rings. The molecule has 0 unspecified atom stereocenters. The van der Waals surface area contributed by atoms with Crippen molar-refractivity contribution in [2.24, 2.45) is 0 Å². The number of phenolic OH excluding ortho intramolecular Hbond substituents is 1. The number of phenols is 1. The Morgan fingerprint density at radius 3 is 2.52 bits per heavy atom. The Labute approximate surface area is 124 Å². The molecule has 0 aliphatic heterocycles. The zero-order valence-electron chi connectivity index (χ0n) is 12.1. The molecule has 0 spiro atoms. The van der Waals surface area contributed by atoms with Gasteiger partial charge in [0.25, 0.3) is 5.91 Å². The minimum atomic E-state index is -0.113. The topological polar surface area (TPSA) is 40.5 Å². The molecule has 0 bridgehead atoms. The number of para-hydroxylation sites is 1. The van der Waals surface area contributed by atoms with Crippen LogP contribution in [-0.4, -0.2) is 29.0 Å². The number of nitrogens with zero attached hydrogens (tertiary/aromatic N) is 1. The molecule has 1 N–H and O–H groups in total. The summed E-state index contributed by atoms with van der Waals surface area (Å²) in [5.74, 6) is -0.0666. The van der Waals surface area contributed by atoms with Crippen LogP contribution in [-0.2, 0) is 12.8 Å². The van der Waals surface area contributed by atoms with Gasteiger partial charge in [0, 0.05) is 13.1 Å². The summed E-state index contributed by atoms with van der Waals surface area (Å²) in [6.07, 6.45) is 2.85. The van der Waals surface area contributed by atoms with Crippen molar-refractivity contribution in [1.82, 2.24) is 4.90 Å². The molecule has 0 saturated heterocycles. The molecule has 0 radical (unpaired) electrons. The van der Waals surface area contributed by atoms with Gasteiger partial charge in [0.05, 0.1) is 5.56 Å². The first-order valence-corrected chi connectivity index (χ1v) is 7.29. The molecule has 0 saturated carbocycles. The zero-order valence-corrected chi connectivity index (χ0v) is 12.1. The maximum Gasteiger partial charge on any atom is 0.257 e. The van der Waals surface area contributed by atoms with Crippen molar-refractivity contribution in [3.05, 3.63) is 65.2 Å². The fourth-order valence-electron chi connectivity index (χ4n) is 3.02. The Kier molecular flexibility index (Phi) is 3.65. The standard InChI is InChI=1S/C18H19NO2/c1-19(18(21)16-8-4-5-9-17(16)20)15-11-10-13-6-2-3-7-14(13)12-15/h2-9,15,20H,10-12H2,1H3/t15-/m1/s1. The monoisotopic (exact) mass is 281 g/mol. The van der Waals surface area contributed by atoms with Crippen molar-refractivity contribution < 1.29 is 9.90 Å². The Bertz CT molecular complexity index is 666. The van der Waals surface area contributed by atoms with E-state index in [1.165, 1.54) is 11.1 Å². The molecule has 0 heterocycles. The number of amides is 1. The van der Waals surface area contributed by atoms with Crippen LogP contribution in [0, 0.1) is 0 Å². The SMILES string of the molecule is CN(C(=O)c1ccccc1O)[C@@H]1CCc2ccccc2C1. The van der Waals surface area contributed by atoms with E-state index in [1.54, 1.807) is 29.2 Å². The molecule has 2 aromatic carbocycles. The van der Waals surface area contributed by atoms with Crippen LogP contribution in [0.4, 0.5) is 0 Å². The van der Waals surface area contributed by atoms with Gasteiger partial charge in [-0.1, -0.05) is 36.4 Å². The first-order chi connectivity index (χ1) is 10.2. The van der Waals surface area contributed by atoms with Gasteiger partial charge in [-0.3, -0.25) is 4.79 Å². The van der Waals surface area contributed by atoms with Crippen molar-refractivity contribution >= 4 is 5.91 Å². The van der Waals surface area contributed by atoms with E-state index in [-0.39, 0.29) is 17.7 Å². The minimum Gasteiger partial charge on any atom is -0.507 e. The Morgan fingerprint density at radius 2 is 1.76 bits per heavy atom. The number of benzene rings is 2. The number of aryl methyl sites for hydroxylation is 1. The highest BCUT2D eigenvalue weighted by molar-refractivity contribution is 5.96. The highest BCUT2D eigenvalue weighted by atomic mass is 16.3. The summed E-state index contributed by atoms with van der Waals surface area (Å²) < 4.78 is 0. The summed E-state index contributed by atoms with van der Waals surface area (Å²) in [7, 11) is 1.83. The van der Waals surface area contributed by atoms with Crippen LogP contribution in [0.15, 0.2) is 48.5 Å². The summed E-state index contributed by atoms with van der Waals surface area (Å²) in [5, 5.41) is 9.84. The third-order valence-electron chi connectivity index (χ3n) is 4.32. The molecule has 1 aliphatic carbocycles. The van der Waals surface area contributed by atoms with E-state index in [4.69, 9.17) is 0 Å². The second kappa shape index (κ2) is 5.60. The number of hydrogen-bond donors (Lipinski definition) is 1. The number of rotatable bonds is 2. The Morgan fingerprint density at radius 1 is 1.10 bits per heavy atom. The molecule has 108 valence electrons. The average Bonchev–Trinajstić information content (AvgIpc) is 2.53. The van der Waals surface area contributed by atoms with Crippen LogP contribution < -0.4 is 0 Å². The Balaban J connectivity index is 1.79. The van der Waals surface area contributed by atoms with E-state index in [0.29, 0.717) is 5.56 Å². The van der Waals surface area contributed by atoms with Crippen molar-refractivity contribution in [2.45, 2.75) is 25.3 Å². The number of likely N-dealkylation sites (N-methyl/N-ethyl adjacent to an activating group) is 1. The van der Waals surface area contributed by atoms with Gasteiger partial charge in [-0.2, -0.15) is 0 Å². The van der Waals surface area contributed by atoms with Gasteiger partial charge in [0.2, 0.25) is 0 Å². The molecule has 3 rings (SSSR count). The summed E-state index contributed by atoms with van der Waals surface area (Å²) in [6, 6.07) is 15.3. The fraction of sp³-hybridized carbons (Fsp3) is 0.278. The quantitative estimate of drug-likeness (QED) is 0.919. The normalized spacial score (nSPS) is 17.1. The maximum atomic E-state index is 12.5. The smallest absolute Gasteiger partial charge is 0.257 e. The van der Waals surface area contributed by atoms with Gasteiger partial charge in [-0.05, 0) is 42.5 Å². The third kappa shape index (κ3) is 2.64. The predicted octanol–water partition coefficient (Wildman–Crippen LogP) is 3.02. The van der Waals surface area contributed by atoms with Gasteiger partial charge in [0.15, 0.2) is 0 Å². The number of fused-ring (bicyclic) bond motifs is 1. The van der Waals surface area contributed by atoms with Crippen LogP contribution in [0.25, 0.3) is 0 Å². The largest absolute Gasteiger partial charge is 0.507 e. The highest BCUT2D eigenvalue weighted by Crippen LogP contribution is 2.26. The van der Waals surface area contributed by atoms with Crippen molar-refractivity contribution in [2.75, 3.05) is 7.05 Å². The van der Waals surface area contributed by atoms with Crippen LogP contribution in [0.3, 0.4) is 0 Å². The molecule has 0 aromatic heterocycles. The summed E-state index contributed by atoms with van der Waals surface area (Å²) in [5.41, 5.74) is 3.08. The van der Waals surface area contributed by atoms with Gasteiger partial charge in [-0.15, -0.1) is 0 Å². The van der Waals surface area contributed by atoms with Crippen LogP contribution in [0.1, 0.15) is 27.9 Å². The molecule has 1 aliphatic rings. The summed E-state index contributed by atoms with van der Waals surface area (Å²) in [4.78, 5) is 14.3. The van der Waals surface area contributed by atoms with E-state index in [2.05, 4.69) is 18.2 Å². The molecule has 3 heteroatoms. The summed E-state index contributed by atoms with van der Waals surface area (Å²) in [6.45, 7) is 0. The van der Waals surface area contributed by atoms with Crippen LogP contribution in [0.5, 0.6) is 5.75 Å². The lowest BCUT2D eigenvalue weighted by Gasteiger charge is -2.32. The Hall–Kier alpha value is -2.29. The predicted molar refractivity (Wildman–Crippen MR) is 82.5 cm³/mol. The zero-order chi connectivity index (χ0) is 14.8. The van der Waals surface area contributed by atoms with Crippen LogP contribution in [0.2, 0.25) is 0 Å². The highest BCUT2D eigenvalue weighted by Gasteiger charge is 2.26. The molecular formula is C18H19NO2. The minimum absolute atomic E-state index is 0.0468. The molecule has 1 amide bonds. The van der Waals surface area contributed by atoms with Crippen molar-refractivity contribution in [3.8, 4) is 5.75 Å². The average molecular weight is 281 g/mol. The molecule has 2 aromatic rings. The van der Waals surface area contributed by atoms with Crippen LogP contribution >= 0.6 is 0 Å². The van der Waals surface area contributed by atoms with Gasteiger partial charge < -0.3 is 10.0 Å². The van der Waals surface area contributed by atoms with Crippen molar-refractivity contribution in [3.63, 3.8) is 0 Å². The number of aromatic hydroxyl groups is 1. The molecular weight excluding hydrogens is 262 g/mol. The summed E-state index contributed by atoms with van der Waals surface area (Å²) >= 11 is 0. The second-order valence-electron chi connectivity index (χ2n) is 5.60. The van der Waals surface area contributed by atoms with E-state index in [1.807, 2.05) is 13.1 Å². The number of carbonyl (C=O) groups is 1. The lowest BCUT2D eigenvalue weighted by atomic mass is 9.87. The molecule has 21 heavy (non-hydrogen) atoms. The van der Waals surface area contributed by atoms with E-state index in [9.17, 15) is 9.90 Å². The second-order valence-corrected chi connectivity index (χ2v) is 5.60. The van der Waals surface area contributed by atoms with Gasteiger partial charge >= 0.3 is 0 Å². The van der Waals surface area contributed by atoms with E-state index >= 15 is 0 Å². The first kappa shape index (κ1) is 13.7. The lowest BCUT2D eigenvalue weighted by Crippen LogP contribution is -2.40. The number of carbonyl (C=O) groups excluding carboxylic acids is 1. The van der Waals surface area contributed by atoms with E-state index in [0.717, 1.165) is 19.3 Å². The van der Waals surface area contributed by atoms with E-state index < -0.39 is 0 Å². The molecule has 3 nitrogen and oxygen atoms in total. The number of hydrogen-bond acceptors (Lipinski definition) is 2.